The van der Waals surface area contributed by atoms with Gasteiger partial charge in [-0.05, 0) is 58.7 Å². The standard InChI is InChI=1S/C15H24N4O/c1-18-9-7-11(8-10-18)19(2)15(20)14-12-5-3-4-6-13(12)16-17-14/h11H,3-10H2,1-2H3,(H,16,17). The van der Waals surface area contributed by atoms with Gasteiger partial charge >= 0.3 is 0 Å². The Labute approximate surface area is 120 Å². The number of hydrogen-bond acceptors (Lipinski definition) is 3. The Kier molecular flexibility index (Phi) is 3.78. The van der Waals surface area contributed by atoms with Gasteiger partial charge < -0.3 is 9.80 Å². The zero-order valence-corrected chi connectivity index (χ0v) is 12.5. The molecule has 0 spiro atoms. The number of nitrogens with one attached hydrogen (secondary N) is 1. The van der Waals surface area contributed by atoms with Gasteiger partial charge in [0.05, 0.1) is 0 Å². The highest BCUT2D eigenvalue weighted by molar-refractivity contribution is 5.94. The lowest BCUT2D eigenvalue weighted by molar-refractivity contribution is 0.0652. The molecule has 0 bridgehead atoms. The van der Waals surface area contributed by atoms with Crippen molar-refractivity contribution in [2.75, 3.05) is 27.2 Å². The minimum Gasteiger partial charge on any atom is -0.337 e. The van der Waals surface area contributed by atoms with E-state index in [2.05, 4.69) is 22.1 Å². The number of carbonyl (C=O) groups excluding carboxylic acids is 1. The topological polar surface area (TPSA) is 52.2 Å². The van der Waals surface area contributed by atoms with Crippen LogP contribution in [0, 0.1) is 0 Å². The maximum atomic E-state index is 12.7. The summed E-state index contributed by atoms with van der Waals surface area (Å²) < 4.78 is 0. The highest BCUT2D eigenvalue weighted by Crippen LogP contribution is 2.24. The van der Waals surface area contributed by atoms with Crippen molar-refractivity contribution in [1.82, 2.24) is 20.0 Å². The number of carbonyl (C=O) groups is 1. The Morgan fingerprint density at radius 3 is 2.75 bits per heavy atom. The fraction of sp³-hybridized carbons (Fsp3) is 0.733. The Hall–Kier alpha value is -1.36. The number of nitrogens with zero attached hydrogens (tertiary/aromatic N) is 3. The van der Waals surface area contributed by atoms with Crippen molar-refractivity contribution in [3.8, 4) is 0 Å². The lowest BCUT2D eigenvalue weighted by Crippen LogP contribution is -2.44. The predicted molar refractivity (Wildman–Crippen MR) is 77.8 cm³/mol. The molecule has 1 aromatic heterocycles. The molecule has 3 rings (SSSR count). The number of H-pyrrole nitrogens is 1. The highest BCUT2D eigenvalue weighted by atomic mass is 16.2. The molecule has 1 aliphatic heterocycles. The summed E-state index contributed by atoms with van der Waals surface area (Å²) in [6.07, 6.45) is 6.52. The minimum absolute atomic E-state index is 0.0963. The molecule has 1 saturated heterocycles. The van der Waals surface area contributed by atoms with Crippen molar-refractivity contribution in [3.63, 3.8) is 0 Å². The fourth-order valence-electron chi connectivity index (χ4n) is 3.37. The summed E-state index contributed by atoms with van der Waals surface area (Å²) in [6.45, 7) is 2.14. The van der Waals surface area contributed by atoms with E-state index in [9.17, 15) is 4.79 Å². The first-order chi connectivity index (χ1) is 9.66. The molecular weight excluding hydrogens is 252 g/mol. The Morgan fingerprint density at radius 1 is 1.30 bits per heavy atom. The van der Waals surface area contributed by atoms with Crippen LogP contribution in [0.4, 0.5) is 0 Å². The summed E-state index contributed by atoms with van der Waals surface area (Å²) in [6, 6.07) is 0.356. The first-order valence-electron chi connectivity index (χ1n) is 7.68. The lowest BCUT2D eigenvalue weighted by atomic mass is 9.95. The number of hydrogen-bond donors (Lipinski definition) is 1. The van der Waals surface area contributed by atoms with Gasteiger partial charge in [-0.15, -0.1) is 0 Å². The largest absolute Gasteiger partial charge is 0.337 e. The first-order valence-corrected chi connectivity index (χ1v) is 7.68. The van der Waals surface area contributed by atoms with Crippen molar-refractivity contribution >= 4 is 5.91 Å². The predicted octanol–water partition coefficient (Wildman–Crippen LogP) is 1.45. The van der Waals surface area contributed by atoms with Crippen molar-refractivity contribution in [3.05, 3.63) is 17.0 Å². The molecule has 1 aromatic rings. The molecule has 1 amide bonds. The van der Waals surface area contributed by atoms with Crippen LogP contribution in [-0.4, -0.2) is 59.1 Å². The Morgan fingerprint density at radius 2 is 2.00 bits per heavy atom. The highest BCUT2D eigenvalue weighted by Gasteiger charge is 2.29. The van der Waals surface area contributed by atoms with Gasteiger partial charge in [0.2, 0.25) is 0 Å². The van der Waals surface area contributed by atoms with Crippen LogP contribution in [0.2, 0.25) is 0 Å². The van der Waals surface area contributed by atoms with Gasteiger partial charge in [-0.3, -0.25) is 9.89 Å². The van der Waals surface area contributed by atoms with Crippen LogP contribution >= 0.6 is 0 Å². The van der Waals surface area contributed by atoms with Crippen molar-refractivity contribution in [2.45, 2.75) is 44.6 Å². The van der Waals surface area contributed by atoms with E-state index in [1.807, 2.05) is 11.9 Å². The van der Waals surface area contributed by atoms with Crippen LogP contribution < -0.4 is 0 Å². The van der Waals surface area contributed by atoms with Gasteiger partial charge in [0, 0.05) is 24.3 Å². The number of likely N-dealkylation sites (tertiary alicyclic amines) is 1. The van der Waals surface area contributed by atoms with E-state index in [-0.39, 0.29) is 5.91 Å². The van der Waals surface area contributed by atoms with E-state index < -0.39 is 0 Å². The summed E-state index contributed by atoms with van der Waals surface area (Å²) >= 11 is 0. The van der Waals surface area contributed by atoms with Crippen LogP contribution in [0.5, 0.6) is 0 Å². The SMILES string of the molecule is CN1CCC(N(C)C(=O)c2n[nH]c3c2CCCC3)CC1. The molecule has 110 valence electrons. The van der Waals surface area contributed by atoms with Crippen LogP contribution in [0.15, 0.2) is 0 Å². The smallest absolute Gasteiger partial charge is 0.274 e. The fourth-order valence-corrected chi connectivity index (χ4v) is 3.37. The van der Waals surface area contributed by atoms with E-state index >= 15 is 0 Å². The second-order valence-corrected chi connectivity index (χ2v) is 6.19. The number of aromatic amines is 1. The van der Waals surface area contributed by atoms with Gasteiger partial charge in [-0.2, -0.15) is 5.10 Å². The number of aromatic nitrogens is 2. The van der Waals surface area contributed by atoms with Gasteiger partial charge in [0.1, 0.15) is 0 Å². The second-order valence-electron chi connectivity index (χ2n) is 6.19. The van der Waals surface area contributed by atoms with Gasteiger partial charge in [0.25, 0.3) is 5.91 Å². The van der Waals surface area contributed by atoms with E-state index in [1.54, 1.807) is 0 Å². The average molecular weight is 276 g/mol. The molecule has 0 saturated carbocycles. The maximum absolute atomic E-state index is 12.7. The number of piperidine rings is 1. The Balaban J connectivity index is 1.73. The molecule has 0 radical (unpaired) electrons. The van der Waals surface area contributed by atoms with E-state index in [4.69, 9.17) is 0 Å². The molecule has 5 nitrogen and oxygen atoms in total. The van der Waals surface area contributed by atoms with Crippen LogP contribution in [0.1, 0.15) is 47.4 Å². The Bertz CT molecular complexity index is 488. The number of fused-ring (bicyclic) bond motifs is 1. The molecule has 20 heavy (non-hydrogen) atoms. The summed E-state index contributed by atoms with van der Waals surface area (Å²) in [4.78, 5) is 16.9. The molecule has 0 aromatic carbocycles. The zero-order chi connectivity index (χ0) is 14.1. The number of amides is 1. The minimum atomic E-state index is 0.0963. The molecule has 0 atom stereocenters. The third kappa shape index (κ3) is 2.46. The first kappa shape index (κ1) is 13.6. The molecule has 5 heteroatoms. The van der Waals surface area contributed by atoms with Crippen molar-refractivity contribution in [2.24, 2.45) is 0 Å². The van der Waals surface area contributed by atoms with E-state index in [0.717, 1.165) is 38.8 Å². The molecule has 1 aliphatic carbocycles. The second kappa shape index (κ2) is 5.56. The van der Waals surface area contributed by atoms with Gasteiger partial charge in [-0.1, -0.05) is 0 Å². The molecule has 2 heterocycles. The third-order valence-electron chi connectivity index (χ3n) is 4.82. The summed E-state index contributed by atoms with van der Waals surface area (Å²) in [5.41, 5.74) is 3.01. The number of rotatable bonds is 2. The summed E-state index contributed by atoms with van der Waals surface area (Å²) in [5.74, 6) is 0.0963. The van der Waals surface area contributed by atoms with Crippen LogP contribution in [0.25, 0.3) is 0 Å². The van der Waals surface area contributed by atoms with E-state index in [1.165, 1.54) is 24.1 Å². The molecule has 0 unspecified atom stereocenters. The van der Waals surface area contributed by atoms with Gasteiger partial charge in [-0.25, -0.2) is 0 Å². The average Bonchev–Trinajstić information content (AvgIpc) is 2.90. The van der Waals surface area contributed by atoms with Crippen molar-refractivity contribution < 1.29 is 4.79 Å². The summed E-state index contributed by atoms with van der Waals surface area (Å²) in [7, 11) is 4.07. The monoisotopic (exact) mass is 276 g/mol. The van der Waals surface area contributed by atoms with Crippen LogP contribution in [0.3, 0.4) is 0 Å². The summed E-state index contributed by atoms with van der Waals surface area (Å²) in [5, 5.41) is 7.37. The normalized spacial score (nSPS) is 20.7. The molecule has 2 aliphatic rings. The molecule has 1 N–H and O–H groups in total. The zero-order valence-electron chi connectivity index (χ0n) is 12.5. The quantitative estimate of drug-likeness (QED) is 0.889. The van der Waals surface area contributed by atoms with Gasteiger partial charge in [0.15, 0.2) is 5.69 Å². The molecular formula is C15H24N4O. The number of aryl methyl sites for hydroxylation is 1. The molecule has 1 fully saturated rings. The third-order valence-corrected chi connectivity index (χ3v) is 4.82. The van der Waals surface area contributed by atoms with Crippen molar-refractivity contribution in [1.29, 1.82) is 0 Å². The van der Waals surface area contributed by atoms with E-state index in [0.29, 0.717) is 11.7 Å². The van der Waals surface area contributed by atoms with Crippen LogP contribution in [-0.2, 0) is 12.8 Å². The maximum Gasteiger partial charge on any atom is 0.274 e. The lowest BCUT2D eigenvalue weighted by Gasteiger charge is -2.35.